The number of para-hydroxylation sites is 1. The molecular weight excluding hydrogens is 470 g/mol. The predicted octanol–water partition coefficient (Wildman–Crippen LogP) is 6.66. The van der Waals surface area contributed by atoms with Crippen molar-refractivity contribution in [1.29, 1.82) is 5.41 Å². The van der Waals surface area contributed by atoms with E-state index in [1.165, 1.54) is 44.0 Å². The van der Waals surface area contributed by atoms with E-state index in [0.717, 1.165) is 17.9 Å². The lowest BCUT2D eigenvalue weighted by atomic mass is 9.81. The first-order valence-electron chi connectivity index (χ1n) is 13.3. The number of morpholine rings is 1. The Morgan fingerprint density at radius 1 is 1.11 bits per heavy atom. The van der Waals surface area contributed by atoms with E-state index < -0.39 is 11.6 Å². The lowest BCUT2D eigenvalue weighted by Gasteiger charge is -2.27. The molecule has 0 spiro atoms. The van der Waals surface area contributed by atoms with Gasteiger partial charge >= 0.3 is 0 Å². The minimum Gasteiger partial charge on any atom is -0.379 e. The Morgan fingerprint density at radius 3 is 2.54 bits per heavy atom. The molecule has 0 radical (unpaired) electrons. The zero-order chi connectivity index (χ0) is 25.8. The third-order valence-corrected chi connectivity index (χ3v) is 7.77. The minimum atomic E-state index is -0.565. The van der Waals surface area contributed by atoms with Gasteiger partial charge in [0.05, 0.1) is 36.1 Å². The first-order valence-corrected chi connectivity index (χ1v) is 13.3. The summed E-state index contributed by atoms with van der Waals surface area (Å²) in [5, 5.41) is 7.99. The molecule has 5 nitrogen and oxygen atoms in total. The highest BCUT2D eigenvalue weighted by Gasteiger charge is 2.20. The van der Waals surface area contributed by atoms with Gasteiger partial charge in [-0.1, -0.05) is 38.0 Å². The molecule has 5 rings (SSSR count). The van der Waals surface area contributed by atoms with Gasteiger partial charge in [0.25, 0.3) is 0 Å². The second-order valence-electron chi connectivity index (χ2n) is 10.4. The highest BCUT2D eigenvalue weighted by atomic mass is 19.1. The van der Waals surface area contributed by atoms with Crippen LogP contribution in [0, 0.1) is 28.9 Å². The van der Waals surface area contributed by atoms with Crippen LogP contribution in [0.15, 0.2) is 42.6 Å². The number of fused-ring (bicyclic) bond motifs is 1. The lowest BCUT2D eigenvalue weighted by Crippen LogP contribution is -2.36. The van der Waals surface area contributed by atoms with Gasteiger partial charge in [0.1, 0.15) is 11.6 Å². The summed E-state index contributed by atoms with van der Waals surface area (Å²) in [5.74, 6) is 0.307. The molecule has 2 heterocycles. The van der Waals surface area contributed by atoms with Crippen LogP contribution in [-0.4, -0.2) is 47.4 Å². The molecule has 1 aromatic heterocycles. The number of halogens is 2. The molecule has 1 saturated carbocycles. The smallest absolute Gasteiger partial charge is 0.131 e. The van der Waals surface area contributed by atoms with E-state index in [4.69, 9.17) is 15.1 Å². The molecule has 0 atom stereocenters. The Labute approximate surface area is 217 Å². The highest BCUT2D eigenvalue weighted by Crippen LogP contribution is 2.33. The normalized spacial score (nSPS) is 21.3. The predicted molar refractivity (Wildman–Crippen MR) is 143 cm³/mol. The van der Waals surface area contributed by atoms with Crippen LogP contribution >= 0.6 is 0 Å². The molecule has 194 valence electrons. The molecule has 1 aliphatic heterocycles. The monoisotopic (exact) mass is 504 g/mol. The summed E-state index contributed by atoms with van der Waals surface area (Å²) in [5.41, 5.74) is 3.65. The number of nitrogens with zero attached hydrogens (tertiary/aromatic N) is 3. The average Bonchev–Trinajstić information content (AvgIpc) is 2.92. The van der Waals surface area contributed by atoms with Crippen LogP contribution in [0.2, 0.25) is 0 Å². The fraction of sp³-hybridized carbons (Fsp3) is 0.433. The minimum absolute atomic E-state index is 0.0730. The van der Waals surface area contributed by atoms with E-state index in [-0.39, 0.29) is 12.1 Å². The topological polar surface area (TPSA) is 62.1 Å². The quantitative estimate of drug-likeness (QED) is 0.366. The van der Waals surface area contributed by atoms with Crippen molar-refractivity contribution in [3.63, 3.8) is 0 Å². The Morgan fingerprint density at radius 2 is 1.84 bits per heavy atom. The average molecular weight is 505 g/mol. The first-order chi connectivity index (χ1) is 18.0. The molecule has 0 amide bonds. The molecule has 0 bridgehead atoms. The summed E-state index contributed by atoms with van der Waals surface area (Å²) in [6.45, 7) is 4.99. The van der Waals surface area contributed by atoms with Crippen molar-refractivity contribution < 1.29 is 13.5 Å². The largest absolute Gasteiger partial charge is 0.379 e. The van der Waals surface area contributed by atoms with Crippen molar-refractivity contribution in [2.24, 2.45) is 11.8 Å². The van der Waals surface area contributed by atoms with Gasteiger partial charge in [0.2, 0.25) is 0 Å². The zero-order valence-electron chi connectivity index (χ0n) is 21.4. The zero-order valence-corrected chi connectivity index (χ0v) is 21.4. The van der Waals surface area contributed by atoms with Gasteiger partial charge in [-0.15, -0.1) is 0 Å². The maximum Gasteiger partial charge on any atom is 0.131 e. The summed E-state index contributed by atoms with van der Waals surface area (Å²) < 4.78 is 35.6. The summed E-state index contributed by atoms with van der Waals surface area (Å²) in [6, 6.07) is 8.25. The third-order valence-electron chi connectivity index (χ3n) is 7.77. The van der Waals surface area contributed by atoms with E-state index in [9.17, 15) is 0 Å². The highest BCUT2D eigenvalue weighted by molar-refractivity contribution is 6.08. The van der Waals surface area contributed by atoms with E-state index in [0.29, 0.717) is 60.1 Å². The van der Waals surface area contributed by atoms with Crippen LogP contribution in [0.4, 0.5) is 8.78 Å². The van der Waals surface area contributed by atoms with Gasteiger partial charge in [-0.25, -0.2) is 13.8 Å². The number of benzene rings is 2. The fourth-order valence-electron chi connectivity index (χ4n) is 5.39. The summed E-state index contributed by atoms with van der Waals surface area (Å²) in [6.07, 6.45) is 11.0. The molecule has 2 fully saturated rings. The molecule has 37 heavy (non-hydrogen) atoms. The van der Waals surface area contributed by atoms with Crippen molar-refractivity contribution in [2.75, 3.05) is 26.3 Å². The Bertz CT molecular complexity index is 1270. The van der Waals surface area contributed by atoms with Crippen molar-refractivity contribution in [3.8, 4) is 11.1 Å². The number of rotatable bonds is 7. The fourth-order valence-corrected chi connectivity index (χ4v) is 5.39. The van der Waals surface area contributed by atoms with Gasteiger partial charge in [0, 0.05) is 42.5 Å². The number of allylic oxidation sites excluding steroid dienone is 2. The summed E-state index contributed by atoms with van der Waals surface area (Å²) in [7, 11) is 0. The Balaban J connectivity index is 1.44. The van der Waals surface area contributed by atoms with Crippen LogP contribution in [0.25, 0.3) is 27.7 Å². The SMILES string of the molecule is CC1CCC(C/C=C(\C=N)c2cnc3cccc(-c4cc(F)c(CN5CCOCC5)c(F)c4)c3n2)CC1. The molecule has 1 aliphatic carbocycles. The molecule has 1 N–H and O–H groups in total. The van der Waals surface area contributed by atoms with E-state index in [1.54, 1.807) is 6.20 Å². The summed E-state index contributed by atoms with van der Waals surface area (Å²) in [4.78, 5) is 11.4. The van der Waals surface area contributed by atoms with E-state index >= 15 is 8.78 Å². The number of nitrogens with one attached hydrogen (secondary N) is 1. The Hall–Kier alpha value is -3.03. The van der Waals surface area contributed by atoms with Crippen LogP contribution in [0.5, 0.6) is 0 Å². The van der Waals surface area contributed by atoms with Gasteiger partial charge in [0.15, 0.2) is 0 Å². The van der Waals surface area contributed by atoms with Gasteiger partial charge in [-0.05, 0) is 54.9 Å². The molecule has 1 saturated heterocycles. The molecular formula is C30H34F2N4O. The number of aromatic nitrogens is 2. The van der Waals surface area contributed by atoms with Gasteiger partial charge in [-0.2, -0.15) is 0 Å². The third kappa shape index (κ3) is 5.94. The van der Waals surface area contributed by atoms with E-state index in [1.807, 2.05) is 23.1 Å². The van der Waals surface area contributed by atoms with Crippen LogP contribution in [0.3, 0.4) is 0 Å². The first kappa shape index (κ1) is 25.6. The lowest BCUT2D eigenvalue weighted by molar-refractivity contribution is 0.0332. The van der Waals surface area contributed by atoms with Crippen LogP contribution in [0.1, 0.15) is 50.3 Å². The molecule has 7 heteroatoms. The maximum atomic E-state index is 15.1. The Kier molecular flexibility index (Phi) is 8.01. The standard InChI is InChI=1S/C30H34F2N4O/c1-20-5-7-21(8-6-20)9-10-22(17-33)29-18-34-28-4-2-3-24(30(28)35-29)23-15-26(31)25(27(32)16-23)19-36-11-13-37-14-12-36/h2-4,10,15-18,20-21,33H,5-9,11-14,19H2,1H3/b22-10+,33-17?. The van der Waals surface area contributed by atoms with Crippen molar-refractivity contribution >= 4 is 22.8 Å². The van der Waals surface area contributed by atoms with Crippen molar-refractivity contribution in [3.05, 3.63) is 65.5 Å². The van der Waals surface area contributed by atoms with Crippen LogP contribution in [-0.2, 0) is 11.3 Å². The van der Waals surface area contributed by atoms with Gasteiger partial charge in [-0.3, -0.25) is 9.88 Å². The summed E-state index contributed by atoms with van der Waals surface area (Å²) >= 11 is 0. The maximum absolute atomic E-state index is 15.1. The number of ether oxygens (including phenoxy) is 1. The van der Waals surface area contributed by atoms with Crippen molar-refractivity contribution in [2.45, 2.75) is 45.6 Å². The van der Waals surface area contributed by atoms with Crippen molar-refractivity contribution in [1.82, 2.24) is 14.9 Å². The molecule has 0 unspecified atom stereocenters. The number of hydrogen-bond donors (Lipinski definition) is 1. The number of hydrogen-bond acceptors (Lipinski definition) is 5. The molecule has 2 aromatic carbocycles. The second-order valence-corrected chi connectivity index (χ2v) is 10.4. The van der Waals surface area contributed by atoms with Crippen LogP contribution < -0.4 is 0 Å². The second kappa shape index (κ2) is 11.6. The molecule has 2 aliphatic rings. The van der Waals surface area contributed by atoms with E-state index in [2.05, 4.69) is 18.0 Å². The molecule has 3 aromatic rings. The van der Waals surface area contributed by atoms with Gasteiger partial charge < -0.3 is 10.1 Å².